The Kier molecular flexibility index (Phi) is 10.0. The number of aromatic hydroxyl groups is 1. The molecule has 0 bridgehead atoms. The van der Waals surface area contributed by atoms with E-state index in [1.54, 1.807) is 20.3 Å². The fourth-order valence-electron chi connectivity index (χ4n) is 3.61. The monoisotopic (exact) mass is 540 g/mol. The molecule has 2 aromatic rings. The van der Waals surface area contributed by atoms with Crippen LogP contribution in [-0.4, -0.2) is 69.5 Å². The lowest BCUT2D eigenvalue weighted by atomic mass is 10.1. The van der Waals surface area contributed by atoms with Gasteiger partial charge in [-0.25, -0.2) is 0 Å². The molecule has 0 radical (unpaired) electrons. The fraction of sp³-hybridized carbons (Fsp3) is 0.435. The fourth-order valence-corrected chi connectivity index (χ4v) is 3.61. The molecule has 1 fully saturated rings. The second kappa shape index (κ2) is 12.5. The van der Waals surface area contributed by atoms with Crippen LogP contribution >= 0.6 is 24.0 Å². The number of rotatable bonds is 7. The highest BCUT2D eigenvalue weighted by molar-refractivity contribution is 14.0. The van der Waals surface area contributed by atoms with E-state index in [1.807, 2.05) is 24.3 Å². The van der Waals surface area contributed by atoms with Crippen molar-refractivity contribution in [1.29, 1.82) is 0 Å². The molecule has 170 valence electrons. The van der Waals surface area contributed by atoms with E-state index in [4.69, 9.17) is 14.5 Å². The number of hydrogen-bond acceptors (Lipinski definition) is 5. The van der Waals surface area contributed by atoms with E-state index >= 15 is 0 Å². The Balaban J connectivity index is 0.00000341. The minimum absolute atomic E-state index is 0. The molecule has 0 unspecified atom stereocenters. The number of para-hydroxylation sites is 1. The van der Waals surface area contributed by atoms with Crippen molar-refractivity contribution in [1.82, 2.24) is 10.2 Å². The van der Waals surface area contributed by atoms with Crippen molar-refractivity contribution in [2.24, 2.45) is 4.99 Å². The third-order valence-corrected chi connectivity index (χ3v) is 5.30. The van der Waals surface area contributed by atoms with Gasteiger partial charge in [0.2, 0.25) is 0 Å². The average Bonchev–Trinajstić information content (AvgIpc) is 2.80. The van der Waals surface area contributed by atoms with Crippen LogP contribution in [-0.2, 0) is 6.42 Å². The third kappa shape index (κ3) is 6.56. The zero-order valence-corrected chi connectivity index (χ0v) is 20.8. The van der Waals surface area contributed by atoms with Crippen molar-refractivity contribution < 1.29 is 14.6 Å². The molecule has 0 amide bonds. The van der Waals surface area contributed by atoms with E-state index in [0.29, 0.717) is 18.7 Å². The molecular weight excluding hydrogens is 507 g/mol. The number of benzene rings is 2. The zero-order chi connectivity index (χ0) is 21.3. The van der Waals surface area contributed by atoms with Crippen LogP contribution in [0.4, 0.5) is 5.69 Å². The van der Waals surface area contributed by atoms with Crippen molar-refractivity contribution in [3.8, 4) is 17.2 Å². The molecule has 8 heteroatoms. The van der Waals surface area contributed by atoms with E-state index in [0.717, 1.165) is 50.0 Å². The van der Waals surface area contributed by atoms with Crippen LogP contribution in [0.1, 0.15) is 12.5 Å². The van der Waals surface area contributed by atoms with E-state index < -0.39 is 0 Å². The summed E-state index contributed by atoms with van der Waals surface area (Å²) in [5, 5.41) is 13.7. The van der Waals surface area contributed by atoms with E-state index in [-0.39, 0.29) is 29.7 Å². The Morgan fingerprint density at radius 1 is 1.03 bits per heavy atom. The number of halogens is 1. The molecule has 2 N–H and O–H groups in total. The van der Waals surface area contributed by atoms with Gasteiger partial charge in [0.1, 0.15) is 5.75 Å². The van der Waals surface area contributed by atoms with Crippen LogP contribution in [0.5, 0.6) is 17.2 Å². The average molecular weight is 540 g/mol. The van der Waals surface area contributed by atoms with Crippen molar-refractivity contribution in [3.63, 3.8) is 0 Å². The first kappa shape index (κ1) is 24.9. The number of nitrogens with one attached hydrogen (secondary N) is 1. The van der Waals surface area contributed by atoms with Crippen molar-refractivity contribution in [2.75, 3.05) is 58.4 Å². The molecule has 0 aliphatic carbocycles. The van der Waals surface area contributed by atoms with Gasteiger partial charge in [-0.1, -0.05) is 12.1 Å². The molecule has 0 saturated carbocycles. The quantitative estimate of drug-likeness (QED) is 0.319. The first-order valence-electron chi connectivity index (χ1n) is 10.4. The zero-order valence-electron chi connectivity index (χ0n) is 18.5. The van der Waals surface area contributed by atoms with Crippen LogP contribution in [0.25, 0.3) is 0 Å². The number of piperazine rings is 1. The maximum atomic E-state index is 10.3. The predicted molar refractivity (Wildman–Crippen MR) is 137 cm³/mol. The topological polar surface area (TPSA) is 69.6 Å². The van der Waals surface area contributed by atoms with Gasteiger partial charge in [-0.3, -0.25) is 4.99 Å². The molecule has 0 atom stereocenters. The lowest BCUT2D eigenvalue weighted by Crippen LogP contribution is -2.52. The Hall–Kier alpha value is -2.36. The number of aliphatic imine (C=N–C) groups is 1. The van der Waals surface area contributed by atoms with Crippen LogP contribution < -0.4 is 19.7 Å². The molecule has 1 aliphatic rings. The summed E-state index contributed by atoms with van der Waals surface area (Å²) in [6.45, 7) is 7.19. The lowest BCUT2D eigenvalue weighted by molar-refractivity contribution is 0.369. The molecule has 0 spiro atoms. The maximum absolute atomic E-state index is 10.3. The number of methoxy groups -OCH3 is 2. The van der Waals surface area contributed by atoms with Crippen molar-refractivity contribution in [2.45, 2.75) is 13.3 Å². The number of anilines is 1. The summed E-state index contributed by atoms with van der Waals surface area (Å²) < 4.78 is 10.4. The maximum Gasteiger partial charge on any atom is 0.194 e. The molecule has 2 aromatic carbocycles. The number of guanidine groups is 1. The highest BCUT2D eigenvalue weighted by atomic mass is 127. The summed E-state index contributed by atoms with van der Waals surface area (Å²) in [4.78, 5) is 9.48. The standard InChI is InChI=1S/C23H32N4O3.HI/c1-4-24-23(25-13-12-18-6-5-7-21(30-3)22(18)28)27-16-14-26(15-17-27)19-8-10-20(29-2)11-9-19;/h5-11,28H,4,12-17H2,1-3H3,(H,24,25);1H. The van der Waals surface area contributed by atoms with Gasteiger partial charge in [0.05, 0.1) is 14.2 Å². The van der Waals surface area contributed by atoms with Crippen LogP contribution in [0.3, 0.4) is 0 Å². The van der Waals surface area contributed by atoms with Gasteiger partial charge in [0, 0.05) is 45.0 Å². The van der Waals surface area contributed by atoms with Crippen LogP contribution in [0.15, 0.2) is 47.5 Å². The second-order valence-electron chi connectivity index (χ2n) is 7.13. The van der Waals surface area contributed by atoms with Crippen molar-refractivity contribution in [3.05, 3.63) is 48.0 Å². The molecule has 7 nitrogen and oxygen atoms in total. The summed E-state index contributed by atoms with van der Waals surface area (Å²) in [6.07, 6.45) is 0.656. The normalized spacial score (nSPS) is 14.1. The van der Waals surface area contributed by atoms with Crippen LogP contribution in [0.2, 0.25) is 0 Å². The van der Waals surface area contributed by atoms with Gasteiger partial charge < -0.3 is 29.7 Å². The SMILES string of the molecule is CCNC(=NCCc1cccc(OC)c1O)N1CCN(c2ccc(OC)cc2)CC1.I. The van der Waals surface area contributed by atoms with Gasteiger partial charge in [0.15, 0.2) is 17.5 Å². The molecule has 3 rings (SSSR count). The highest BCUT2D eigenvalue weighted by Crippen LogP contribution is 2.29. The summed E-state index contributed by atoms with van der Waals surface area (Å²) in [5.41, 5.74) is 2.06. The number of nitrogens with zero attached hydrogens (tertiary/aromatic N) is 3. The third-order valence-electron chi connectivity index (χ3n) is 5.30. The molecular formula is C23H33IN4O3. The number of hydrogen-bond donors (Lipinski definition) is 2. The first-order chi connectivity index (χ1) is 14.7. The summed E-state index contributed by atoms with van der Waals surface area (Å²) in [5.74, 6) is 2.50. The minimum Gasteiger partial charge on any atom is -0.504 e. The smallest absolute Gasteiger partial charge is 0.194 e. The van der Waals surface area contributed by atoms with E-state index in [1.165, 1.54) is 5.69 Å². The van der Waals surface area contributed by atoms with E-state index in [2.05, 4.69) is 34.2 Å². The van der Waals surface area contributed by atoms with Gasteiger partial charge in [-0.2, -0.15) is 0 Å². The largest absolute Gasteiger partial charge is 0.504 e. The minimum atomic E-state index is 0. The Morgan fingerprint density at radius 2 is 1.74 bits per heavy atom. The van der Waals surface area contributed by atoms with Crippen molar-refractivity contribution >= 4 is 35.6 Å². The highest BCUT2D eigenvalue weighted by Gasteiger charge is 2.20. The second-order valence-corrected chi connectivity index (χ2v) is 7.13. The lowest BCUT2D eigenvalue weighted by Gasteiger charge is -2.37. The molecule has 1 aliphatic heterocycles. The van der Waals surface area contributed by atoms with E-state index in [9.17, 15) is 5.11 Å². The van der Waals surface area contributed by atoms with Gasteiger partial charge in [-0.05, 0) is 49.2 Å². The van der Waals surface area contributed by atoms with Gasteiger partial charge in [0.25, 0.3) is 0 Å². The Morgan fingerprint density at radius 3 is 2.35 bits per heavy atom. The van der Waals surface area contributed by atoms with Gasteiger partial charge >= 0.3 is 0 Å². The Bertz CT molecular complexity index is 837. The number of phenols is 1. The summed E-state index contributed by atoms with van der Waals surface area (Å²) in [7, 11) is 3.25. The number of phenolic OH excluding ortho intramolecular Hbond substituents is 1. The molecule has 0 aromatic heterocycles. The molecule has 31 heavy (non-hydrogen) atoms. The van der Waals surface area contributed by atoms with Crippen LogP contribution in [0, 0.1) is 0 Å². The van der Waals surface area contributed by atoms with Gasteiger partial charge in [-0.15, -0.1) is 24.0 Å². The predicted octanol–water partition coefficient (Wildman–Crippen LogP) is 3.36. The number of ether oxygens (including phenoxy) is 2. The summed E-state index contributed by atoms with van der Waals surface area (Å²) >= 11 is 0. The first-order valence-corrected chi connectivity index (χ1v) is 10.4. The summed E-state index contributed by atoms with van der Waals surface area (Å²) in [6, 6.07) is 13.8. The molecule has 1 heterocycles. The molecule has 1 saturated heterocycles. The Labute approximate surface area is 202 Å².